The molecule has 29 heavy (non-hydrogen) atoms. The van der Waals surface area contributed by atoms with Crippen LogP contribution in [-0.4, -0.2) is 15.9 Å². The Balaban J connectivity index is 1.69. The second-order valence-electron chi connectivity index (χ2n) is 6.61. The third-order valence-electron chi connectivity index (χ3n) is 4.40. The highest BCUT2D eigenvalue weighted by Crippen LogP contribution is 2.31. The minimum atomic E-state index is -0.162. The lowest BCUT2D eigenvalue weighted by Gasteiger charge is -2.18. The van der Waals surface area contributed by atoms with Crippen LogP contribution in [-0.2, 0) is 11.3 Å². The Labute approximate surface area is 178 Å². The number of aryl methyl sites for hydroxylation is 1. The van der Waals surface area contributed by atoms with E-state index in [1.807, 2.05) is 49.4 Å². The Hall–Kier alpha value is -3.02. The second kappa shape index (κ2) is 8.55. The average molecular weight is 420 g/mol. The molecule has 6 heteroatoms. The van der Waals surface area contributed by atoms with Gasteiger partial charge in [-0.25, -0.2) is 4.98 Å². The Kier molecular flexibility index (Phi) is 5.69. The number of hydrogen-bond donors (Lipinski definition) is 0. The smallest absolute Gasteiger partial charge is 0.253 e. The van der Waals surface area contributed by atoms with Gasteiger partial charge >= 0.3 is 0 Å². The van der Waals surface area contributed by atoms with Crippen LogP contribution in [0.15, 0.2) is 73.1 Å². The van der Waals surface area contributed by atoms with Crippen LogP contribution in [0, 0.1) is 6.92 Å². The summed E-state index contributed by atoms with van der Waals surface area (Å²) < 4.78 is 1.05. The van der Waals surface area contributed by atoms with Crippen molar-refractivity contribution in [3.05, 3.63) is 94.8 Å². The minimum Gasteiger partial charge on any atom is -0.280 e. The standard InChI is InChI=1S/C23H18ClN3OS/c1-16-8-10-20-21(13-16)29-23(26-20)27(15-17-5-4-12-25-14-17)22(28)11-9-18-6-2-3-7-19(18)24/h2-14H,15H2,1H3/b11-9+. The lowest BCUT2D eigenvalue weighted by Crippen LogP contribution is -2.28. The predicted molar refractivity (Wildman–Crippen MR) is 120 cm³/mol. The molecule has 2 heterocycles. The third-order valence-corrected chi connectivity index (χ3v) is 5.79. The van der Waals surface area contributed by atoms with E-state index in [0.29, 0.717) is 16.7 Å². The van der Waals surface area contributed by atoms with Crippen molar-refractivity contribution in [2.45, 2.75) is 13.5 Å². The molecular weight excluding hydrogens is 402 g/mol. The van der Waals surface area contributed by atoms with E-state index in [4.69, 9.17) is 11.6 Å². The number of carbonyl (C=O) groups excluding carboxylic acids is 1. The maximum atomic E-state index is 13.1. The van der Waals surface area contributed by atoms with Gasteiger partial charge in [0.15, 0.2) is 5.13 Å². The summed E-state index contributed by atoms with van der Waals surface area (Å²) in [5, 5.41) is 1.26. The lowest BCUT2D eigenvalue weighted by atomic mass is 10.2. The topological polar surface area (TPSA) is 46.1 Å². The molecule has 4 rings (SSSR count). The molecule has 2 aromatic heterocycles. The SMILES string of the molecule is Cc1ccc2nc(N(Cc3cccnc3)C(=O)/C=C/c3ccccc3Cl)sc2c1. The number of rotatable bonds is 5. The van der Waals surface area contributed by atoms with Gasteiger partial charge in [0.2, 0.25) is 0 Å². The quantitative estimate of drug-likeness (QED) is 0.378. The Morgan fingerprint density at radius 3 is 2.83 bits per heavy atom. The predicted octanol–water partition coefficient (Wildman–Crippen LogP) is 5.90. The molecule has 2 aromatic carbocycles. The minimum absolute atomic E-state index is 0.162. The fourth-order valence-corrected chi connectivity index (χ4v) is 4.18. The van der Waals surface area contributed by atoms with Crippen molar-refractivity contribution in [1.29, 1.82) is 0 Å². The van der Waals surface area contributed by atoms with Crippen LogP contribution in [0.5, 0.6) is 0 Å². The summed E-state index contributed by atoms with van der Waals surface area (Å²) in [5.41, 5.74) is 3.78. The fraction of sp³-hybridized carbons (Fsp3) is 0.0870. The number of nitrogens with zero attached hydrogens (tertiary/aromatic N) is 3. The Bertz CT molecular complexity index is 1190. The molecule has 0 aliphatic heterocycles. The first-order valence-electron chi connectivity index (χ1n) is 9.10. The number of aromatic nitrogens is 2. The zero-order valence-corrected chi connectivity index (χ0v) is 17.3. The molecule has 0 saturated carbocycles. The number of halogens is 1. The van der Waals surface area contributed by atoms with Gasteiger partial charge in [0.05, 0.1) is 16.8 Å². The van der Waals surface area contributed by atoms with E-state index < -0.39 is 0 Å². The summed E-state index contributed by atoms with van der Waals surface area (Å²) in [6.07, 6.45) is 6.75. The van der Waals surface area contributed by atoms with Gasteiger partial charge in [-0.05, 0) is 54.0 Å². The monoisotopic (exact) mass is 419 g/mol. The summed E-state index contributed by atoms with van der Waals surface area (Å²) >= 11 is 7.71. The molecular formula is C23H18ClN3OS. The number of thiazole rings is 1. The summed E-state index contributed by atoms with van der Waals surface area (Å²) in [7, 11) is 0. The van der Waals surface area contributed by atoms with Crippen molar-refractivity contribution >= 4 is 50.3 Å². The van der Waals surface area contributed by atoms with E-state index in [-0.39, 0.29) is 5.91 Å². The molecule has 0 saturated heterocycles. The first-order valence-corrected chi connectivity index (χ1v) is 10.3. The van der Waals surface area contributed by atoms with Gasteiger partial charge in [0.1, 0.15) is 0 Å². The van der Waals surface area contributed by atoms with E-state index in [1.165, 1.54) is 17.4 Å². The molecule has 0 fully saturated rings. The molecule has 0 radical (unpaired) electrons. The normalized spacial score (nSPS) is 11.2. The van der Waals surface area contributed by atoms with Gasteiger partial charge in [-0.15, -0.1) is 0 Å². The number of pyridine rings is 1. The highest BCUT2D eigenvalue weighted by molar-refractivity contribution is 7.22. The largest absolute Gasteiger partial charge is 0.280 e. The first-order chi connectivity index (χ1) is 14.1. The van der Waals surface area contributed by atoms with Crippen LogP contribution in [0.3, 0.4) is 0 Å². The highest BCUT2D eigenvalue weighted by atomic mass is 35.5. The van der Waals surface area contributed by atoms with Gasteiger partial charge in [0, 0.05) is 23.5 Å². The number of fused-ring (bicyclic) bond motifs is 1. The Morgan fingerprint density at radius 2 is 2.03 bits per heavy atom. The van der Waals surface area contributed by atoms with Crippen molar-refractivity contribution in [2.24, 2.45) is 0 Å². The molecule has 0 bridgehead atoms. The molecule has 0 unspecified atom stereocenters. The highest BCUT2D eigenvalue weighted by Gasteiger charge is 2.18. The molecule has 0 spiro atoms. The van der Waals surface area contributed by atoms with E-state index in [0.717, 1.165) is 26.9 Å². The summed E-state index contributed by atoms with van der Waals surface area (Å²) in [4.78, 5) is 23.6. The maximum absolute atomic E-state index is 13.1. The van der Waals surface area contributed by atoms with Crippen molar-refractivity contribution in [3.63, 3.8) is 0 Å². The zero-order valence-electron chi connectivity index (χ0n) is 15.7. The molecule has 0 aliphatic carbocycles. The van der Waals surface area contributed by atoms with Gasteiger partial charge < -0.3 is 0 Å². The van der Waals surface area contributed by atoms with Gasteiger partial charge in [0.25, 0.3) is 5.91 Å². The maximum Gasteiger partial charge on any atom is 0.253 e. The third kappa shape index (κ3) is 4.53. The molecule has 144 valence electrons. The number of carbonyl (C=O) groups is 1. The number of benzene rings is 2. The van der Waals surface area contributed by atoms with E-state index >= 15 is 0 Å². The summed E-state index contributed by atoms with van der Waals surface area (Å²) in [6.45, 7) is 2.43. The Morgan fingerprint density at radius 1 is 1.17 bits per heavy atom. The van der Waals surface area contributed by atoms with E-state index in [2.05, 4.69) is 16.0 Å². The van der Waals surface area contributed by atoms with Crippen LogP contribution < -0.4 is 4.90 Å². The van der Waals surface area contributed by atoms with Crippen molar-refractivity contribution < 1.29 is 4.79 Å². The van der Waals surface area contributed by atoms with Crippen LogP contribution in [0.4, 0.5) is 5.13 Å². The lowest BCUT2D eigenvalue weighted by molar-refractivity contribution is -0.114. The van der Waals surface area contributed by atoms with E-state index in [9.17, 15) is 4.79 Å². The van der Waals surface area contributed by atoms with Crippen LogP contribution in [0.25, 0.3) is 16.3 Å². The molecule has 0 aliphatic rings. The average Bonchev–Trinajstić information content (AvgIpc) is 3.14. The fourth-order valence-electron chi connectivity index (χ4n) is 2.91. The summed E-state index contributed by atoms with van der Waals surface area (Å²) in [6, 6.07) is 17.3. The second-order valence-corrected chi connectivity index (χ2v) is 8.02. The van der Waals surface area contributed by atoms with Crippen molar-refractivity contribution in [1.82, 2.24) is 9.97 Å². The number of amides is 1. The molecule has 0 N–H and O–H groups in total. The summed E-state index contributed by atoms with van der Waals surface area (Å²) in [5.74, 6) is -0.162. The van der Waals surface area contributed by atoms with Crippen LogP contribution >= 0.6 is 22.9 Å². The van der Waals surface area contributed by atoms with Crippen LogP contribution in [0.2, 0.25) is 5.02 Å². The van der Waals surface area contributed by atoms with Gasteiger partial charge in [-0.3, -0.25) is 14.7 Å². The first kappa shape index (κ1) is 19.3. The number of anilines is 1. The molecule has 4 aromatic rings. The van der Waals surface area contributed by atoms with Crippen molar-refractivity contribution in [3.8, 4) is 0 Å². The molecule has 0 atom stereocenters. The molecule has 4 nitrogen and oxygen atoms in total. The van der Waals surface area contributed by atoms with E-state index in [1.54, 1.807) is 29.4 Å². The van der Waals surface area contributed by atoms with Crippen molar-refractivity contribution in [2.75, 3.05) is 4.90 Å². The molecule has 1 amide bonds. The van der Waals surface area contributed by atoms with Crippen LogP contribution in [0.1, 0.15) is 16.7 Å². The number of hydrogen-bond acceptors (Lipinski definition) is 4. The zero-order chi connectivity index (χ0) is 20.2. The van der Waals surface area contributed by atoms with Gasteiger partial charge in [-0.2, -0.15) is 0 Å². The van der Waals surface area contributed by atoms with Gasteiger partial charge in [-0.1, -0.05) is 53.3 Å².